The van der Waals surface area contributed by atoms with Crippen LogP contribution in [-0.2, 0) is 19.3 Å². The van der Waals surface area contributed by atoms with Gasteiger partial charge in [0.25, 0.3) is 5.56 Å². The van der Waals surface area contributed by atoms with Crippen LogP contribution in [0.15, 0.2) is 67.1 Å². The lowest BCUT2D eigenvalue weighted by Gasteiger charge is -2.09. The highest BCUT2D eigenvalue weighted by Gasteiger charge is 2.34. The Balaban J connectivity index is 1.90. The predicted molar refractivity (Wildman–Crippen MR) is 91.0 cm³/mol. The molecule has 3 aromatic rings. The normalized spacial score (nSPS) is 11.7. The Labute approximate surface area is 153 Å². The summed E-state index contributed by atoms with van der Waals surface area (Å²) in [6, 6.07) is 10.3. The van der Waals surface area contributed by atoms with Crippen molar-refractivity contribution in [3.8, 4) is 0 Å². The zero-order valence-electron chi connectivity index (χ0n) is 13.2. The van der Waals surface area contributed by atoms with Crippen LogP contribution < -0.4 is 11.2 Å². The maximum Gasteiger partial charge on any atom is 0.449 e. The van der Waals surface area contributed by atoms with E-state index in [1.165, 1.54) is 16.8 Å². The van der Waals surface area contributed by atoms with Crippen molar-refractivity contribution in [2.24, 2.45) is 0 Å². The molecule has 3 rings (SSSR count). The molecule has 2 aromatic heterocycles. The second kappa shape index (κ2) is 6.99. The van der Waals surface area contributed by atoms with Crippen LogP contribution >= 0.6 is 15.9 Å². The minimum absolute atomic E-state index is 0.127. The van der Waals surface area contributed by atoms with E-state index in [9.17, 15) is 22.8 Å². The van der Waals surface area contributed by atoms with Crippen LogP contribution in [0.2, 0.25) is 0 Å². The van der Waals surface area contributed by atoms with Gasteiger partial charge in [-0.25, -0.2) is 4.79 Å². The fourth-order valence-corrected chi connectivity index (χ4v) is 2.64. The van der Waals surface area contributed by atoms with E-state index in [1.54, 1.807) is 0 Å². The van der Waals surface area contributed by atoms with Crippen LogP contribution in [0, 0.1) is 0 Å². The molecule has 2 heterocycles. The monoisotopic (exact) mass is 428 g/mol. The minimum atomic E-state index is -4.62. The highest BCUT2D eigenvalue weighted by molar-refractivity contribution is 9.10. The Hall–Kier alpha value is -2.55. The number of halogens is 4. The summed E-state index contributed by atoms with van der Waals surface area (Å²) in [4.78, 5) is 24.5. The Kier molecular flexibility index (Phi) is 4.90. The first kappa shape index (κ1) is 18.2. The summed E-state index contributed by atoms with van der Waals surface area (Å²) in [5, 5.41) is 0. The molecule has 0 N–H and O–H groups in total. The van der Waals surface area contributed by atoms with Gasteiger partial charge in [0.05, 0.1) is 13.1 Å². The Morgan fingerprint density at radius 3 is 2.27 bits per heavy atom. The number of aromatic nitrogens is 2. The first-order chi connectivity index (χ1) is 12.2. The lowest BCUT2D eigenvalue weighted by Crippen LogP contribution is -2.39. The topological polar surface area (TPSA) is 57.1 Å². The van der Waals surface area contributed by atoms with E-state index in [0.29, 0.717) is 0 Å². The van der Waals surface area contributed by atoms with Crippen molar-refractivity contribution < 1.29 is 17.6 Å². The van der Waals surface area contributed by atoms with Gasteiger partial charge in [0, 0.05) is 16.7 Å². The molecule has 0 amide bonds. The van der Waals surface area contributed by atoms with Gasteiger partial charge in [-0.1, -0.05) is 28.1 Å². The second-order valence-corrected chi connectivity index (χ2v) is 6.46. The van der Waals surface area contributed by atoms with E-state index >= 15 is 0 Å². The van der Waals surface area contributed by atoms with Crippen molar-refractivity contribution in [1.82, 2.24) is 9.13 Å². The maximum absolute atomic E-state index is 12.6. The summed E-state index contributed by atoms with van der Waals surface area (Å²) in [6.45, 7) is -0.159. The van der Waals surface area contributed by atoms with E-state index in [0.717, 1.165) is 26.7 Å². The quantitative estimate of drug-likeness (QED) is 0.639. The molecular formula is C17H12BrF3N2O3. The van der Waals surface area contributed by atoms with E-state index in [2.05, 4.69) is 15.9 Å². The largest absolute Gasteiger partial charge is 0.455 e. The lowest BCUT2D eigenvalue weighted by molar-refractivity contribution is -0.153. The number of hydrogen-bond donors (Lipinski definition) is 0. The Morgan fingerprint density at radius 1 is 0.962 bits per heavy atom. The summed E-state index contributed by atoms with van der Waals surface area (Å²) < 4.78 is 45.5. The van der Waals surface area contributed by atoms with Gasteiger partial charge in [0.1, 0.15) is 5.76 Å². The van der Waals surface area contributed by atoms with E-state index in [1.807, 2.05) is 24.3 Å². The van der Waals surface area contributed by atoms with Crippen molar-refractivity contribution in [2.45, 2.75) is 19.3 Å². The van der Waals surface area contributed by atoms with Crippen LogP contribution in [0.3, 0.4) is 0 Å². The number of alkyl halides is 3. The second-order valence-electron chi connectivity index (χ2n) is 5.54. The average molecular weight is 429 g/mol. The maximum atomic E-state index is 12.6. The number of rotatable bonds is 4. The third-order valence-electron chi connectivity index (χ3n) is 3.66. The first-order valence-corrected chi connectivity index (χ1v) is 8.24. The summed E-state index contributed by atoms with van der Waals surface area (Å²) in [6.07, 6.45) is -3.27. The zero-order valence-corrected chi connectivity index (χ0v) is 14.8. The molecule has 0 spiro atoms. The molecule has 0 atom stereocenters. The predicted octanol–water partition coefficient (Wildman–Crippen LogP) is 3.48. The van der Waals surface area contributed by atoms with Gasteiger partial charge in [-0.15, -0.1) is 0 Å². The lowest BCUT2D eigenvalue weighted by atomic mass is 10.2. The molecule has 9 heteroatoms. The number of benzene rings is 1. The molecular weight excluding hydrogens is 417 g/mol. The van der Waals surface area contributed by atoms with Gasteiger partial charge < -0.3 is 4.42 Å². The molecule has 0 saturated carbocycles. The summed E-state index contributed by atoms with van der Waals surface area (Å²) in [5.74, 6) is -1.30. The summed E-state index contributed by atoms with van der Waals surface area (Å²) in [5.41, 5.74) is -0.421. The molecule has 0 bridgehead atoms. The number of nitrogens with zero attached hydrogens (tertiary/aromatic N) is 2. The van der Waals surface area contributed by atoms with Crippen LogP contribution in [0.5, 0.6) is 0 Å². The summed E-state index contributed by atoms with van der Waals surface area (Å²) in [7, 11) is 0. The van der Waals surface area contributed by atoms with Gasteiger partial charge in [-0.2, -0.15) is 13.2 Å². The molecule has 0 aliphatic heterocycles. The van der Waals surface area contributed by atoms with Gasteiger partial charge in [-0.05, 0) is 29.8 Å². The van der Waals surface area contributed by atoms with E-state index < -0.39 is 23.2 Å². The number of furan rings is 1. The smallest absolute Gasteiger partial charge is 0.449 e. The van der Waals surface area contributed by atoms with Crippen molar-refractivity contribution in [3.63, 3.8) is 0 Å². The van der Waals surface area contributed by atoms with Crippen LogP contribution in [0.4, 0.5) is 13.2 Å². The van der Waals surface area contributed by atoms with Crippen molar-refractivity contribution in [3.05, 3.63) is 91.1 Å². The van der Waals surface area contributed by atoms with Crippen molar-refractivity contribution in [2.75, 3.05) is 0 Å². The van der Waals surface area contributed by atoms with Gasteiger partial charge >= 0.3 is 11.9 Å². The minimum Gasteiger partial charge on any atom is -0.455 e. The Morgan fingerprint density at radius 2 is 1.65 bits per heavy atom. The SMILES string of the molecule is O=c1ccn(Cc2ccc(Br)cc2)c(=O)n1Cc1ccc(C(F)(F)F)o1. The molecule has 0 aliphatic rings. The molecule has 1 aromatic carbocycles. The third kappa shape index (κ3) is 3.98. The van der Waals surface area contributed by atoms with Crippen molar-refractivity contribution >= 4 is 15.9 Å². The van der Waals surface area contributed by atoms with Crippen molar-refractivity contribution in [1.29, 1.82) is 0 Å². The molecule has 5 nitrogen and oxygen atoms in total. The highest BCUT2D eigenvalue weighted by Crippen LogP contribution is 2.30. The molecule has 0 aliphatic carbocycles. The molecule has 26 heavy (non-hydrogen) atoms. The van der Waals surface area contributed by atoms with Crippen LogP contribution in [0.25, 0.3) is 0 Å². The first-order valence-electron chi connectivity index (χ1n) is 7.45. The van der Waals surface area contributed by atoms with Crippen LogP contribution in [0.1, 0.15) is 17.1 Å². The molecule has 0 unspecified atom stereocenters. The van der Waals surface area contributed by atoms with Crippen LogP contribution in [-0.4, -0.2) is 9.13 Å². The third-order valence-corrected chi connectivity index (χ3v) is 4.19. The highest BCUT2D eigenvalue weighted by atomic mass is 79.9. The van der Waals surface area contributed by atoms with Gasteiger partial charge in [0.2, 0.25) is 5.76 Å². The molecule has 0 saturated heterocycles. The fraction of sp³-hybridized carbons (Fsp3) is 0.176. The van der Waals surface area contributed by atoms with Gasteiger partial charge in [0.15, 0.2) is 0 Å². The Bertz CT molecular complexity index is 1030. The zero-order chi connectivity index (χ0) is 18.9. The number of hydrogen-bond acceptors (Lipinski definition) is 3. The average Bonchev–Trinajstić information content (AvgIpc) is 3.05. The standard InChI is InChI=1S/C17H12BrF3N2O3/c18-12-3-1-11(2-4-12)9-22-8-7-15(24)23(16(22)25)10-13-5-6-14(26-13)17(19,20)21/h1-8H,9-10H2. The summed E-state index contributed by atoms with van der Waals surface area (Å²) >= 11 is 3.31. The molecule has 0 radical (unpaired) electrons. The fourth-order valence-electron chi connectivity index (χ4n) is 2.38. The van der Waals surface area contributed by atoms with E-state index in [-0.39, 0.29) is 18.8 Å². The molecule has 0 fully saturated rings. The van der Waals surface area contributed by atoms with Gasteiger partial charge in [-0.3, -0.25) is 13.9 Å². The van der Waals surface area contributed by atoms with E-state index in [4.69, 9.17) is 4.42 Å². The molecule has 136 valence electrons.